The topological polar surface area (TPSA) is 62.1 Å². The summed E-state index contributed by atoms with van der Waals surface area (Å²) in [4.78, 5) is 6.69. The molecule has 29 heavy (non-hydrogen) atoms. The third-order valence-electron chi connectivity index (χ3n) is 6.61. The van der Waals surface area contributed by atoms with E-state index in [-0.39, 0.29) is 0 Å². The zero-order valence-electron chi connectivity index (χ0n) is 17.6. The van der Waals surface area contributed by atoms with E-state index in [4.69, 9.17) is 5.10 Å². The lowest BCUT2D eigenvalue weighted by molar-refractivity contribution is 0.215. The van der Waals surface area contributed by atoms with E-state index in [0.29, 0.717) is 12.0 Å². The molecule has 0 radical (unpaired) electrons. The van der Waals surface area contributed by atoms with Gasteiger partial charge in [0.1, 0.15) is 6.33 Å². The molecule has 150 valence electrons. The highest BCUT2D eigenvalue weighted by atomic mass is 15.3. The lowest BCUT2D eigenvalue weighted by atomic mass is 9.82. The van der Waals surface area contributed by atoms with Crippen LogP contribution in [0.5, 0.6) is 0 Å². The van der Waals surface area contributed by atoms with E-state index >= 15 is 0 Å². The molecule has 6 heteroatoms. The zero-order chi connectivity index (χ0) is 20.1. The maximum Gasteiger partial charge on any atom is 0.158 e. The smallest absolute Gasteiger partial charge is 0.158 e. The Hall–Kier alpha value is -2.73. The van der Waals surface area contributed by atoms with Crippen LogP contribution in [-0.4, -0.2) is 49.8 Å². The summed E-state index contributed by atoms with van der Waals surface area (Å²) in [7, 11) is 4.39. The largest absolute Gasteiger partial charge is 0.306 e. The van der Waals surface area contributed by atoms with Gasteiger partial charge in [-0.05, 0) is 82.4 Å². The molecule has 1 fully saturated rings. The predicted octanol–water partition coefficient (Wildman–Crippen LogP) is 4.48. The van der Waals surface area contributed by atoms with Crippen molar-refractivity contribution in [3.63, 3.8) is 0 Å². The first kappa shape index (κ1) is 18.3. The number of nitrogens with one attached hydrogen (secondary N) is 1. The first-order valence-corrected chi connectivity index (χ1v) is 10.5. The maximum absolute atomic E-state index is 4.70. The van der Waals surface area contributed by atoms with Gasteiger partial charge in [-0.1, -0.05) is 6.07 Å². The van der Waals surface area contributed by atoms with E-state index in [1.807, 2.05) is 10.7 Å². The number of H-pyrrole nitrogens is 1. The van der Waals surface area contributed by atoms with E-state index in [1.54, 1.807) is 6.33 Å². The molecule has 4 aromatic rings. The van der Waals surface area contributed by atoms with E-state index in [0.717, 1.165) is 22.3 Å². The average molecular weight is 389 g/mol. The van der Waals surface area contributed by atoms with Gasteiger partial charge in [-0.15, -0.1) is 0 Å². The van der Waals surface area contributed by atoms with Crippen LogP contribution in [-0.2, 0) is 0 Å². The fourth-order valence-electron chi connectivity index (χ4n) is 4.98. The van der Waals surface area contributed by atoms with Crippen LogP contribution in [0.1, 0.15) is 48.4 Å². The SMILES string of the molecule is Cc1cc(-c2cc(C)c3ncnn3c2)cc2n[nH]c(C3CCC(N(C)C)CC3)c12. The first-order valence-electron chi connectivity index (χ1n) is 10.5. The number of aromatic amines is 1. The van der Waals surface area contributed by atoms with Crippen molar-refractivity contribution < 1.29 is 0 Å². The minimum absolute atomic E-state index is 0.578. The summed E-state index contributed by atoms with van der Waals surface area (Å²) < 4.78 is 1.85. The number of aromatic nitrogens is 5. The van der Waals surface area contributed by atoms with Crippen LogP contribution in [0.15, 0.2) is 30.7 Å². The first-order chi connectivity index (χ1) is 14.0. The fraction of sp³-hybridized carbons (Fsp3) is 0.435. The fourth-order valence-corrected chi connectivity index (χ4v) is 4.98. The van der Waals surface area contributed by atoms with Gasteiger partial charge in [0.25, 0.3) is 0 Å². The summed E-state index contributed by atoms with van der Waals surface area (Å²) in [6.07, 6.45) is 8.61. The molecule has 0 aliphatic heterocycles. The second-order valence-electron chi connectivity index (χ2n) is 8.73. The van der Waals surface area contributed by atoms with Gasteiger partial charge >= 0.3 is 0 Å². The molecule has 6 nitrogen and oxygen atoms in total. The second kappa shape index (κ2) is 6.95. The molecule has 1 aliphatic carbocycles. The van der Waals surface area contributed by atoms with Gasteiger partial charge < -0.3 is 4.90 Å². The Morgan fingerprint density at radius 2 is 1.76 bits per heavy atom. The maximum atomic E-state index is 4.70. The lowest BCUT2D eigenvalue weighted by Gasteiger charge is -2.32. The predicted molar refractivity (Wildman–Crippen MR) is 116 cm³/mol. The molecule has 5 rings (SSSR count). The molecule has 0 atom stereocenters. The molecular formula is C23H28N6. The van der Waals surface area contributed by atoms with Crippen molar-refractivity contribution in [3.05, 3.63) is 47.5 Å². The Morgan fingerprint density at radius 1 is 1.00 bits per heavy atom. The number of pyridine rings is 1. The van der Waals surface area contributed by atoms with Crippen LogP contribution in [0.3, 0.4) is 0 Å². The minimum atomic E-state index is 0.578. The molecule has 0 bridgehead atoms. The normalized spacial score (nSPS) is 20.2. The molecule has 3 heterocycles. The van der Waals surface area contributed by atoms with Crippen molar-refractivity contribution >= 4 is 16.6 Å². The summed E-state index contributed by atoms with van der Waals surface area (Å²) in [5.74, 6) is 0.578. The van der Waals surface area contributed by atoms with Crippen molar-refractivity contribution in [1.82, 2.24) is 29.7 Å². The Morgan fingerprint density at radius 3 is 2.52 bits per heavy atom. The number of nitrogens with zero attached hydrogens (tertiary/aromatic N) is 5. The number of aryl methyl sites for hydroxylation is 2. The number of benzene rings is 1. The molecular weight excluding hydrogens is 360 g/mol. The number of rotatable bonds is 3. The van der Waals surface area contributed by atoms with Crippen LogP contribution >= 0.6 is 0 Å². The van der Waals surface area contributed by atoms with Crippen molar-refractivity contribution in [2.24, 2.45) is 0 Å². The Labute approximate surface area is 170 Å². The molecule has 1 saturated carbocycles. The average Bonchev–Trinajstić information content (AvgIpc) is 3.35. The molecule has 0 amide bonds. The highest BCUT2D eigenvalue weighted by molar-refractivity contribution is 5.90. The van der Waals surface area contributed by atoms with Crippen LogP contribution < -0.4 is 0 Å². The van der Waals surface area contributed by atoms with Crippen LogP contribution in [0.4, 0.5) is 0 Å². The summed E-state index contributed by atoms with van der Waals surface area (Å²) in [6.45, 7) is 4.28. The Kier molecular flexibility index (Phi) is 4.39. The van der Waals surface area contributed by atoms with Crippen molar-refractivity contribution in [2.75, 3.05) is 14.1 Å². The molecule has 0 unspecified atom stereocenters. The Balaban J connectivity index is 1.51. The molecule has 1 aromatic carbocycles. The van der Waals surface area contributed by atoms with E-state index < -0.39 is 0 Å². The zero-order valence-corrected chi connectivity index (χ0v) is 17.6. The molecule has 3 aromatic heterocycles. The van der Waals surface area contributed by atoms with Gasteiger partial charge in [-0.2, -0.15) is 10.2 Å². The van der Waals surface area contributed by atoms with Crippen LogP contribution in [0, 0.1) is 13.8 Å². The second-order valence-corrected chi connectivity index (χ2v) is 8.73. The van der Waals surface area contributed by atoms with Gasteiger partial charge in [0.05, 0.1) is 5.52 Å². The molecule has 1 aliphatic rings. The highest BCUT2D eigenvalue weighted by Crippen LogP contribution is 2.38. The van der Waals surface area contributed by atoms with Crippen molar-refractivity contribution in [3.8, 4) is 11.1 Å². The minimum Gasteiger partial charge on any atom is -0.306 e. The van der Waals surface area contributed by atoms with Crippen LogP contribution in [0.2, 0.25) is 0 Å². The highest BCUT2D eigenvalue weighted by Gasteiger charge is 2.26. The number of hydrogen-bond donors (Lipinski definition) is 1. The summed E-state index contributed by atoms with van der Waals surface area (Å²) in [5, 5.41) is 13.7. The van der Waals surface area contributed by atoms with Gasteiger partial charge in [0.15, 0.2) is 5.65 Å². The van der Waals surface area contributed by atoms with Gasteiger partial charge in [0, 0.05) is 34.8 Å². The number of hydrogen-bond acceptors (Lipinski definition) is 4. The Bertz CT molecular complexity index is 1180. The summed E-state index contributed by atoms with van der Waals surface area (Å²) >= 11 is 0. The van der Waals surface area contributed by atoms with Crippen LogP contribution in [0.25, 0.3) is 27.7 Å². The number of fused-ring (bicyclic) bond motifs is 2. The summed E-state index contributed by atoms with van der Waals surface area (Å²) in [6, 6.07) is 7.37. The lowest BCUT2D eigenvalue weighted by Crippen LogP contribution is -2.31. The monoisotopic (exact) mass is 388 g/mol. The summed E-state index contributed by atoms with van der Waals surface area (Å²) in [5.41, 5.74) is 8.00. The standard InChI is InChI=1S/C23H28N6/c1-14-9-17(18-10-15(2)23-24-13-25-29(23)12-18)11-20-21(14)22(27-26-20)16-5-7-19(8-6-16)28(3)4/h9-13,16,19H,5-8H2,1-4H3,(H,26,27). The molecule has 1 N–H and O–H groups in total. The van der Waals surface area contributed by atoms with Gasteiger partial charge in [0.2, 0.25) is 0 Å². The van der Waals surface area contributed by atoms with E-state index in [1.165, 1.54) is 47.9 Å². The van der Waals surface area contributed by atoms with E-state index in [9.17, 15) is 0 Å². The van der Waals surface area contributed by atoms with E-state index in [2.05, 4.69) is 66.2 Å². The van der Waals surface area contributed by atoms with Crippen molar-refractivity contribution in [1.29, 1.82) is 0 Å². The molecule has 0 spiro atoms. The third kappa shape index (κ3) is 3.12. The van der Waals surface area contributed by atoms with Crippen molar-refractivity contribution in [2.45, 2.75) is 51.5 Å². The third-order valence-corrected chi connectivity index (χ3v) is 6.61. The van der Waals surface area contributed by atoms with Gasteiger partial charge in [-0.25, -0.2) is 9.50 Å². The quantitative estimate of drug-likeness (QED) is 0.562. The molecule has 0 saturated heterocycles. The van der Waals surface area contributed by atoms with Gasteiger partial charge in [-0.3, -0.25) is 5.10 Å².